The quantitative estimate of drug-likeness (QED) is 0.849. The molecule has 1 amide bonds. The highest BCUT2D eigenvalue weighted by atomic mass is 16.5. The Labute approximate surface area is 161 Å². The highest BCUT2D eigenvalue weighted by Gasteiger charge is 2.21. The van der Waals surface area contributed by atoms with E-state index in [-0.39, 0.29) is 12.5 Å². The maximum atomic E-state index is 12.5. The van der Waals surface area contributed by atoms with E-state index in [0.717, 1.165) is 49.6 Å². The van der Waals surface area contributed by atoms with Crippen LogP contribution in [0.4, 0.5) is 11.5 Å². The number of pyridine rings is 1. The topological polar surface area (TPSA) is 57.7 Å². The van der Waals surface area contributed by atoms with Gasteiger partial charge >= 0.3 is 0 Å². The van der Waals surface area contributed by atoms with Crippen LogP contribution in [-0.4, -0.2) is 55.6 Å². The van der Waals surface area contributed by atoms with Crippen LogP contribution in [0, 0.1) is 0 Å². The van der Waals surface area contributed by atoms with Crippen molar-refractivity contribution in [3.63, 3.8) is 0 Å². The number of ether oxygens (including phenoxy) is 1. The lowest BCUT2D eigenvalue weighted by atomic mass is 10.1. The zero-order valence-electron chi connectivity index (χ0n) is 16.1. The van der Waals surface area contributed by atoms with E-state index < -0.39 is 0 Å². The minimum atomic E-state index is 0.0523. The van der Waals surface area contributed by atoms with E-state index in [9.17, 15) is 4.79 Å². The minimum Gasteiger partial charge on any atom is -0.484 e. The predicted octanol–water partition coefficient (Wildman–Crippen LogP) is 3.02. The Morgan fingerprint density at radius 1 is 1.19 bits per heavy atom. The number of rotatable bonds is 6. The van der Waals surface area contributed by atoms with Gasteiger partial charge in [-0.3, -0.25) is 4.79 Å². The highest BCUT2D eigenvalue weighted by Crippen LogP contribution is 2.18. The molecule has 2 heterocycles. The van der Waals surface area contributed by atoms with Gasteiger partial charge in [0.1, 0.15) is 11.6 Å². The third-order valence-electron chi connectivity index (χ3n) is 4.76. The Kier molecular flexibility index (Phi) is 6.52. The van der Waals surface area contributed by atoms with E-state index in [1.54, 1.807) is 0 Å². The van der Waals surface area contributed by atoms with E-state index in [1.165, 1.54) is 0 Å². The van der Waals surface area contributed by atoms with Crippen LogP contribution < -0.4 is 15.0 Å². The average molecular weight is 368 g/mol. The molecular formula is C21H28N4O2. The molecule has 0 saturated carbocycles. The average Bonchev–Trinajstić information content (AvgIpc) is 2.93. The summed E-state index contributed by atoms with van der Waals surface area (Å²) < 4.78 is 5.60. The standard InChI is InChI=1S/C21H28N4O2/c1-24(2)20-11-10-18(15-22-20)23-17-7-6-13-25(14-12-17)21(26)16-27-19-8-4-3-5-9-19/h3-5,8-11,15,17,23H,6-7,12-14,16H2,1-2H3/t17-/m0/s1. The van der Waals surface area contributed by atoms with Crippen LogP contribution in [0.3, 0.4) is 0 Å². The molecule has 0 bridgehead atoms. The van der Waals surface area contributed by atoms with Gasteiger partial charge in [0.15, 0.2) is 6.61 Å². The first-order chi connectivity index (χ1) is 13.1. The minimum absolute atomic E-state index is 0.0523. The Morgan fingerprint density at radius 2 is 2.00 bits per heavy atom. The summed E-state index contributed by atoms with van der Waals surface area (Å²) in [5.41, 5.74) is 1.03. The molecule has 2 aromatic rings. The number of likely N-dealkylation sites (tertiary alicyclic amines) is 1. The summed E-state index contributed by atoms with van der Waals surface area (Å²) in [6, 6.07) is 13.9. The van der Waals surface area contributed by atoms with Crippen molar-refractivity contribution in [3.05, 3.63) is 48.7 Å². The van der Waals surface area contributed by atoms with Crippen molar-refractivity contribution in [2.45, 2.75) is 25.3 Å². The lowest BCUT2D eigenvalue weighted by molar-refractivity contribution is -0.133. The van der Waals surface area contributed by atoms with Gasteiger partial charge in [-0.15, -0.1) is 0 Å². The number of hydrogen-bond donors (Lipinski definition) is 1. The number of carbonyl (C=O) groups excluding carboxylic acids is 1. The summed E-state index contributed by atoms with van der Waals surface area (Å²) in [5, 5.41) is 3.55. The maximum absolute atomic E-state index is 12.5. The van der Waals surface area contributed by atoms with Crippen molar-refractivity contribution in [3.8, 4) is 5.75 Å². The summed E-state index contributed by atoms with van der Waals surface area (Å²) >= 11 is 0. The number of hydrogen-bond acceptors (Lipinski definition) is 5. The predicted molar refractivity (Wildman–Crippen MR) is 108 cm³/mol. The van der Waals surface area contributed by atoms with Crippen molar-refractivity contribution in [1.82, 2.24) is 9.88 Å². The molecule has 1 aromatic heterocycles. The number of nitrogens with one attached hydrogen (secondary N) is 1. The fraction of sp³-hybridized carbons (Fsp3) is 0.429. The Bertz CT molecular complexity index is 719. The van der Waals surface area contributed by atoms with Gasteiger partial charge in [-0.1, -0.05) is 18.2 Å². The van der Waals surface area contributed by atoms with E-state index in [1.807, 2.05) is 66.5 Å². The van der Waals surface area contributed by atoms with E-state index in [0.29, 0.717) is 6.04 Å². The number of nitrogens with zero attached hydrogens (tertiary/aromatic N) is 3. The van der Waals surface area contributed by atoms with E-state index >= 15 is 0 Å². The molecule has 6 heteroatoms. The Morgan fingerprint density at radius 3 is 2.70 bits per heavy atom. The maximum Gasteiger partial charge on any atom is 0.260 e. The van der Waals surface area contributed by atoms with Gasteiger partial charge in [-0.25, -0.2) is 4.98 Å². The second-order valence-electron chi connectivity index (χ2n) is 7.05. The van der Waals surface area contributed by atoms with Crippen LogP contribution in [-0.2, 0) is 4.79 Å². The number of benzene rings is 1. The zero-order valence-corrected chi connectivity index (χ0v) is 16.1. The lowest BCUT2D eigenvalue weighted by Crippen LogP contribution is -2.36. The highest BCUT2D eigenvalue weighted by molar-refractivity contribution is 5.77. The normalized spacial score (nSPS) is 17.1. The smallest absolute Gasteiger partial charge is 0.260 e. The van der Waals surface area contributed by atoms with Gasteiger partial charge in [0, 0.05) is 33.2 Å². The first kappa shape index (κ1) is 19.0. The van der Waals surface area contributed by atoms with Crippen LogP contribution >= 0.6 is 0 Å². The monoisotopic (exact) mass is 368 g/mol. The number of amides is 1. The SMILES string of the molecule is CN(C)c1ccc(N[C@H]2CCCN(C(=O)COc3ccccc3)CC2)cn1. The molecule has 1 saturated heterocycles. The van der Waals surface area contributed by atoms with Crippen molar-refractivity contribution in [1.29, 1.82) is 0 Å². The number of anilines is 2. The lowest BCUT2D eigenvalue weighted by Gasteiger charge is -2.21. The first-order valence-electron chi connectivity index (χ1n) is 9.47. The molecule has 1 N–H and O–H groups in total. The van der Waals surface area contributed by atoms with Gasteiger partial charge in [0.2, 0.25) is 0 Å². The summed E-state index contributed by atoms with van der Waals surface area (Å²) in [4.78, 5) is 20.8. The molecule has 27 heavy (non-hydrogen) atoms. The van der Waals surface area contributed by atoms with Gasteiger partial charge in [0.25, 0.3) is 5.91 Å². The van der Waals surface area contributed by atoms with Gasteiger partial charge in [-0.2, -0.15) is 0 Å². The molecule has 1 aromatic carbocycles. The first-order valence-corrected chi connectivity index (χ1v) is 9.47. The zero-order chi connectivity index (χ0) is 19.1. The van der Waals surface area contributed by atoms with Crippen molar-refractivity contribution in [2.75, 3.05) is 44.0 Å². The molecule has 0 radical (unpaired) electrons. The van der Waals surface area contributed by atoms with Crippen LogP contribution in [0.15, 0.2) is 48.7 Å². The molecule has 0 aliphatic carbocycles. The van der Waals surface area contributed by atoms with E-state index in [2.05, 4.69) is 16.4 Å². The van der Waals surface area contributed by atoms with Crippen LogP contribution in [0.25, 0.3) is 0 Å². The molecular weight excluding hydrogens is 340 g/mol. The molecule has 1 aliphatic heterocycles. The Hall–Kier alpha value is -2.76. The van der Waals surface area contributed by atoms with Gasteiger partial charge in [-0.05, 0) is 43.5 Å². The molecule has 1 atom stereocenters. The molecule has 3 rings (SSSR count). The molecule has 0 spiro atoms. The number of aromatic nitrogens is 1. The van der Waals surface area contributed by atoms with Crippen molar-refractivity contribution >= 4 is 17.4 Å². The van der Waals surface area contributed by atoms with Crippen molar-refractivity contribution < 1.29 is 9.53 Å². The summed E-state index contributed by atoms with van der Waals surface area (Å²) in [6.07, 6.45) is 4.82. The second kappa shape index (κ2) is 9.26. The largest absolute Gasteiger partial charge is 0.484 e. The number of para-hydroxylation sites is 1. The second-order valence-corrected chi connectivity index (χ2v) is 7.05. The molecule has 1 aliphatic rings. The molecule has 1 fully saturated rings. The molecule has 144 valence electrons. The van der Waals surface area contributed by atoms with Crippen LogP contribution in [0.2, 0.25) is 0 Å². The van der Waals surface area contributed by atoms with Crippen LogP contribution in [0.5, 0.6) is 5.75 Å². The summed E-state index contributed by atoms with van der Waals surface area (Å²) in [7, 11) is 3.96. The van der Waals surface area contributed by atoms with Crippen LogP contribution in [0.1, 0.15) is 19.3 Å². The summed E-state index contributed by atoms with van der Waals surface area (Å²) in [5.74, 6) is 1.72. The van der Waals surface area contributed by atoms with Gasteiger partial charge in [0.05, 0.1) is 11.9 Å². The fourth-order valence-corrected chi connectivity index (χ4v) is 3.21. The van der Waals surface area contributed by atoms with Gasteiger partial charge < -0.3 is 19.9 Å². The third kappa shape index (κ3) is 5.61. The Balaban J connectivity index is 1.47. The molecule has 0 unspecified atom stereocenters. The summed E-state index contributed by atoms with van der Waals surface area (Å²) in [6.45, 7) is 1.63. The third-order valence-corrected chi connectivity index (χ3v) is 4.76. The molecule has 6 nitrogen and oxygen atoms in total. The van der Waals surface area contributed by atoms with Crippen molar-refractivity contribution in [2.24, 2.45) is 0 Å². The van der Waals surface area contributed by atoms with E-state index in [4.69, 9.17) is 4.74 Å². The fourth-order valence-electron chi connectivity index (χ4n) is 3.21. The number of carbonyl (C=O) groups is 1.